The van der Waals surface area contributed by atoms with Crippen LogP contribution in [0.2, 0.25) is 0 Å². The standard InChI is InChI=1S/C12H16O4/c1-12(9-14-2,16-11(13)15-3)10-7-5-4-6-8-10/h4-8H,9H2,1-3H3. The number of carbonyl (C=O) groups excluding carboxylic acids is 1. The fourth-order valence-corrected chi connectivity index (χ4v) is 1.46. The first-order chi connectivity index (χ1) is 7.62. The molecule has 16 heavy (non-hydrogen) atoms. The van der Waals surface area contributed by atoms with Gasteiger partial charge in [0.15, 0.2) is 5.60 Å². The quantitative estimate of drug-likeness (QED) is 0.736. The summed E-state index contributed by atoms with van der Waals surface area (Å²) in [5, 5.41) is 0. The molecule has 1 aromatic rings. The van der Waals surface area contributed by atoms with Gasteiger partial charge < -0.3 is 14.2 Å². The molecule has 0 aliphatic rings. The summed E-state index contributed by atoms with van der Waals surface area (Å²) in [5.74, 6) is 0. The van der Waals surface area contributed by atoms with Crippen LogP contribution in [-0.4, -0.2) is 27.0 Å². The monoisotopic (exact) mass is 224 g/mol. The zero-order valence-electron chi connectivity index (χ0n) is 9.73. The summed E-state index contributed by atoms with van der Waals surface area (Å²) in [7, 11) is 2.84. The Hall–Kier alpha value is -1.55. The molecule has 0 aromatic heterocycles. The van der Waals surface area contributed by atoms with E-state index in [1.807, 2.05) is 30.3 Å². The molecule has 1 rings (SSSR count). The van der Waals surface area contributed by atoms with Gasteiger partial charge in [-0.2, -0.15) is 0 Å². The first kappa shape index (κ1) is 12.5. The Labute approximate surface area is 95.1 Å². The molecule has 88 valence electrons. The van der Waals surface area contributed by atoms with E-state index in [0.29, 0.717) is 0 Å². The maximum Gasteiger partial charge on any atom is 0.508 e. The molecule has 0 saturated heterocycles. The summed E-state index contributed by atoms with van der Waals surface area (Å²) >= 11 is 0. The predicted molar refractivity (Wildman–Crippen MR) is 59.2 cm³/mol. The SMILES string of the molecule is COCC(C)(OC(=O)OC)c1ccccc1. The lowest BCUT2D eigenvalue weighted by Crippen LogP contribution is -2.33. The molecule has 0 amide bonds. The van der Waals surface area contributed by atoms with Crippen LogP contribution in [-0.2, 0) is 19.8 Å². The Kier molecular flexibility index (Phi) is 4.31. The van der Waals surface area contributed by atoms with Gasteiger partial charge in [0.05, 0.1) is 13.7 Å². The van der Waals surface area contributed by atoms with Gasteiger partial charge in [-0.3, -0.25) is 0 Å². The first-order valence-electron chi connectivity index (χ1n) is 4.94. The van der Waals surface area contributed by atoms with Crippen molar-refractivity contribution < 1.29 is 19.0 Å². The van der Waals surface area contributed by atoms with E-state index in [9.17, 15) is 4.79 Å². The molecule has 0 bridgehead atoms. The third-order valence-electron chi connectivity index (χ3n) is 2.28. The molecular weight excluding hydrogens is 208 g/mol. The van der Waals surface area contributed by atoms with Crippen LogP contribution in [0.3, 0.4) is 0 Å². The smallest absolute Gasteiger partial charge is 0.438 e. The second-order valence-corrected chi connectivity index (χ2v) is 3.59. The molecule has 0 saturated carbocycles. The number of benzene rings is 1. The molecular formula is C12H16O4. The van der Waals surface area contributed by atoms with Gasteiger partial charge >= 0.3 is 6.16 Å². The van der Waals surface area contributed by atoms with Crippen molar-refractivity contribution in [1.82, 2.24) is 0 Å². The number of methoxy groups -OCH3 is 2. The molecule has 0 aliphatic carbocycles. The van der Waals surface area contributed by atoms with Gasteiger partial charge in [0.25, 0.3) is 0 Å². The number of hydrogen-bond acceptors (Lipinski definition) is 4. The Morgan fingerprint density at radius 1 is 1.25 bits per heavy atom. The topological polar surface area (TPSA) is 44.8 Å². The van der Waals surface area contributed by atoms with Crippen LogP contribution in [0, 0.1) is 0 Å². The fraction of sp³-hybridized carbons (Fsp3) is 0.417. The fourth-order valence-electron chi connectivity index (χ4n) is 1.46. The number of rotatable bonds is 4. The minimum Gasteiger partial charge on any atom is -0.438 e. The van der Waals surface area contributed by atoms with Gasteiger partial charge in [-0.25, -0.2) is 4.79 Å². The van der Waals surface area contributed by atoms with E-state index < -0.39 is 11.8 Å². The average molecular weight is 224 g/mol. The molecule has 0 heterocycles. The molecule has 4 nitrogen and oxygen atoms in total. The lowest BCUT2D eigenvalue weighted by atomic mass is 9.97. The minimum atomic E-state index is -0.830. The van der Waals surface area contributed by atoms with Crippen molar-refractivity contribution in [2.24, 2.45) is 0 Å². The highest BCUT2D eigenvalue weighted by atomic mass is 16.7. The van der Waals surface area contributed by atoms with E-state index in [2.05, 4.69) is 4.74 Å². The lowest BCUT2D eigenvalue weighted by Gasteiger charge is -2.28. The predicted octanol–water partition coefficient (Wildman–Crippen LogP) is 2.33. The highest BCUT2D eigenvalue weighted by Crippen LogP contribution is 2.26. The van der Waals surface area contributed by atoms with Crippen LogP contribution in [0.1, 0.15) is 12.5 Å². The molecule has 1 atom stereocenters. The Bertz CT molecular complexity index is 336. The van der Waals surface area contributed by atoms with Crippen LogP contribution >= 0.6 is 0 Å². The largest absolute Gasteiger partial charge is 0.508 e. The molecule has 4 heteroatoms. The van der Waals surface area contributed by atoms with Gasteiger partial charge in [0.1, 0.15) is 0 Å². The summed E-state index contributed by atoms with van der Waals surface area (Å²) in [6.45, 7) is 2.05. The summed E-state index contributed by atoms with van der Waals surface area (Å²) in [4.78, 5) is 11.2. The van der Waals surface area contributed by atoms with E-state index >= 15 is 0 Å². The summed E-state index contributed by atoms with van der Waals surface area (Å²) in [6, 6.07) is 9.41. The van der Waals surface area contributed by atoms with Gasteiger partial charge in [-0.05, 0) is 12.5 Å². The van der Waals surface area contributed by atoms with Crippen molar-refractivity contribution in [2.45, 2.75) is 12.5 Å². The zero-order chi connectivity index (χ0) is 12.0. The van der Waals surface area contributed by atoms with Gasteiger partial charge in [0.2, 0.25) is 0 Å². The van der Waals surface area contributed by atoms with E-state index in [-0.39, 0.29) is 6.61 Å². The van der Waals surface area contributed by atoms with E-state index in [1.54, 1.807) is 14.0 Å². The van der Waals surface area contributed by atoms with Gasteiger partial charge in [-0.1, -0.05) is 30.3 Å². The van der Waals surface area contributed by atoms with E-state index in [0.717, 1.165) is 5.56 Å². The molecule has 0 N–H and O–H groups in total. The third-order valence-corrected chi connectivity index (χ3v) is 2.28. The van der Waals surface area contributed by atoms with Gasteiger partial charge in [-0.15, -0.1) is 0 Å². The van der Waals surface area contributed by atoms with Crippen molar-refractivity contribution in [3.8, 4) is 0 Å². The van der Waals surface area contributed by atoms with Crippen LogP contribution in [0.5, 0.6) is 0 Å². The Morgan fingerprint density at radius 2 is 1.88 bits per heavy atom. The van der Waals surface area contributed by atoms with Crippen molar-refractivity contribution in [3.63, 3.8) is 0 Å². The zero-order valence-corrected chi connectivity index (χ0v) is 9.73. The molecule has 1 unspecified atom stereocenters. The molecule has 1 aromatic carbocycles. The number of ether oxygens (including phenoxy) is 3. The van der Waals surface area contributed by atoms with Crippen molar-refractivity contribution in [2.75, 3.05) is 20.8 Å². The summed E-state index contributed by atoms with van der Waals surface area (Å²) in [5.41, 5.74) is 0.0329. The van der Waals surface area contributed by atoms with Crippen LogP contribution < -0.4 is 0 Å². The highest BCUT2D eigenvalue weighted by Gasteiger charge is 2.31. The van der Waals surface area contributed by atoms with Crippen LogP contribution in [0.4, 0.5) is 4.79 Å². The van der Waals surface area contributed by atoms with Gasteiger partial charge in [0, 0.05) is 7.11 Å². The van der Waals surface area contributed by atoms with Crippen molar-refractivity contribution in [3.05, 3.63) is 35.9 Å². The van der Waals surface area contributed by atoms with Crippen LogP contribution in [0.25, 0.3) is 0 Å². The van der Waals surface area contributed by atoms with Crippen molar-refractivity contribution in [1.29, 1.82) is 0 Å². The summed E-state index contributed by atoms with van der Waals surface area (Å²) < 4.78 is 14.8. The minimum absolute atomic E-state index is 0.270. The first-order valence-corrected chi connectivity index (χ1v) is 4.94. The van der Waals surface area contributed by atoms with E-state index in [1.165, 1.54) is 7.11 Å². The molecule has 0 aliphatic heterocycles. The maximum atomic E-state index is 11.2. The normalized spacial score (nSPS) is 13.9. The third kappa shape index (κ3) is 2.97. The molecule has 0 spiro atoms. The maximum absolute atomic E-state index is 11.2. The average Bonchev–Trinajstić information content (AvgIpc) is 2.30. The second kappa shape index (κ2) is 5.51. The molecule has 0 fully saturated rings. The number of hydrogen-bond donors (Lipinski definition) is 0. The summed E-state index contributed by atoms with van der Waals surface area (Å²) in [6.07, 6.45) is -0.719. The lowest BCUT2D eigenvalue weighted by molar-refractivity contribution is -0.0610. The Balaban J connectivity index is 2.92. The second-order valence-electron chi connectivity index (χ2n) is 3.59. The molecule has 0 radical (unpaired) electrons. The highest BCUT2D eigenvalue weighted by molar-refractivity contribution is 5.60. The Morgan fingerprint density at radius 3 is 2.38 bits per heavy atom. The van der Waals surface area contributed by atoms with E-state index in [4.69, 9.17) is 9.47 Å². The van der Waals surface area contributed by atoms with Crippen molar-refractivity contribution >= 4 is 6.16 Å². The number of carbonyl (C=O) groups is 1. The van der Waals surface area contributed by atoms with Crippen LogP contribution in [0.15, 0.2) is 30.3 Å².